The topological polar surface area (TPSA) is 32.3 Å². The molecule has 8 aromatic rings. The molecule has 2 aliphatic carbocycles. The molecule has 1 fully saturated rings. The first-order chi connectivity index (χ1) is 29.3. The summed E-state index contributed by atoms with van der Waals surface area (Å²) in [4.78, 5) is 15.0. The Morgan fingerprint density at radius 1 is 0.350 bits per heavy atom. The van der Waals surface area contributed by atoms with Gasteiger partial charge in [0.25, 0.3) is 0 Å². The van der Waals surface area contributed by atoms with Crippen LogP contribution in [0.2, 0.25) is 0 Å². The largest absolute Gasteiger partial charge is 0.368 e. The van der Waals surface area contributed by atoms with Gasteiger partial charge in [-0.1, -0.05) is 149 Å². The molecule has 0 bridgehead atoms. The third kappa shape index (κ3) is 5.80. The highest BCUT2D eigenvalue weighted by molar-refractivity contribution is 5.89. The number of hydrogen-bond donors (Lipinski definition) is 0. The lowest BCUT2D eigenvalue weighted by Gasteiger charge is -2.37. The van der Waals surface area contributed by atoms with Gasteiger partial charge < -0.3 is 9.80 Å². The molecule has 0 saturated carbocycles. The number of pyridine rings is 2. The van der Waals surface area contributed by atoms with E-state index in [9.17, 15) is 0 Å². The standard InChI is InChI=1S/C56H48N4/c1-55(2)49-17-7-5-11-43(49)45-13-9-15-47(53(45)55)51-29-23-39(35-57-51)37-19-25-41(26-20-37)59-31-33-60(34-32-59)42-27-21-38(22-28-42)40-24-30-52(58-36-40)48-16-10-14-46-44-12-6-8-18-50(44)56(3,4)54(46)48/h5-30,35-36H,31-34H2,1-4H3. The lowest BCUT2D eigenvalue weighted by molar-refractivity contribution is 0.653. The molecular formula is C56H48N4. The van der Waals surface area contributed by atoms with Gasteiger partial charge in [-0.25, -0.2) is 0 Å². The molecule has 0 radical (unpaired) electrons. The summed E-state index contributed by atoms with van der Waals surface area (Å²) < 4.78 is 0. The van der Waals surface area contributed by atoms with E-state index in [-0.39, 0.29) is 10.8 Å². The van der Waals surface area contributed by atoms with Crippen molar-refractivity contribution in [2.75, 3.05) is 36.0 Å². The van der Waals surface area contributed by atoms with E-state index in [0.717, 1.165) is 48.7 Å². The zero-order valence-electron chi connectivity index (χ0n) is 34.8. The monoisotopic (exact) mass is 776 g/mol. The van der Waals surface area contributed by atoms with Crippen LogP contribution in [0.3, 0.4) is 0 Å². The van der Waals surface area contributed by atoms with Crippen LogP contribution in [0.25, 0.3) is 67.0 Å². The van der Waals surface area contributed by atoms with Gasteiger partial charge in [-0.15, -0.1) is 0 Å². The first kappa shape index (κ1) is 36.3. The molecule has 1 aliphatic heterocycles. The SMILES string of the molecule is CC1(C)c2ccccc2-c2cccc(-c3ccc(-c4ccc(N5CCN(c6ccc(-c7ccc(-c8cccc9c8C(C)(C)c8ccccc8-9)nc7)cc6)CC5)cc4)cn3)c21. The van der Waals surface area contributed by atoms with Crippen LogP contribution < -0.4 is 9.80 Å². The lowest BCUT2D eigenvalue weighted by Crippen LogP contribution is -2.46. The number of benzene rings is 6. The van der Waals surface area contributed by atoms with Crippen LogP contribution in [-0.2, 0) is 10.8 Å². The number of aromatic nitrogens is 2. The van der Waals surface area contributed by atoms with Gasteiger partial charge >= 0.3 is 0 Å². The molecule has 4 nitrogen and oxygen atoms in total. The van der Waals surface area contributed by atoms with Crippen LogP contribution in [0.4, 0.5) is 11.4 Å². The quantitative estimate of drug-likeness (QED) is 0.168. The smallest absolute Gasteiger partial charge is 0.0705 e. The lowest BCUT2D eigenvalue weighted by atomic mass is 9.79. The Hall–Kier alpha value is -6.78. The number of anilines is 2. The van der Waals surface area contributed by atoms with Gasteiger partial charge in [-0.3, -0.25) is 9.97 Å². The molecule has 60 heavy (non-hydrogen) atoms. The normalized spacial score (nSPS) is 15.6. The number of rotatable bonds is 6. The van der Waals surface area contributed by atoms with Crippen molar-refractivity contribution >= 4 is 11.4 Å². The van der Waals surface area contributed by atoms with Gasteiger partial charge in [0.05, 0.1) is 11.4 Å². The zero-order chi connectivity index (χ0) is 40.6. The molecule has 4 heteroatoms. The van der Waals surface area contributed by atoms with Crippen LogP contribution in [-0.4, -0.2) is 36.1 Å². The highest BCUT2D eigenvalue weighted by atomic mass is 15.3. The fourth-order valence-corrected chi connectivity index (χ4v) is 10.5. The van der Waals surface area contributed by atoms with Crippen molar-refractivity contribution in [1.29, 1.82) is 0 Å². The van der Waals surface area contributed by atoms with E-state index in [2.05, 4.69) is 195 Å². The van der Waals surface area contributed by atoms with E-state index in [0.29, 0.717) is 0 Å². The highest BCUT2D eigenvalue weighted by Gasteiger charge is 2.38. The first-order valence-electron chi connectivity index (χ1n) is 21.4. The summed E-state index contributed by atoms with van der Waals surface area (Å²) in [6.45, 7) is 13.3. The number of hydrogen-bond acceptors (Lipinski definition) is 4. The summed E-state index contributed by atoms with van der Waals surface area (Å²) in [6, 6.07) is 57.8. The average molecular weight is 777 g/mol. The first-order valence-corrected chi connectivity index (χ1v) is 21.4. The minimum Gasteiger partial charge on any atom is -0.368 e. The average Bonchev–Trinajstić information content (AvgIpc) is 3.69. The third-order valence-corrected chi connectivity index (χ3v) is 13.7. The van der Waals surface area contributed by atoms with Gasteiger partial charge in [0.2, 0.25) is 0 Å². The molecule has 6 aromatic carbocycles. The van der Waals surface area contributed by atoms with Crippen molar-refractivity contribution in [2.24, 2.45) is 0 Å². The second kappa shape index (κ2) is 13.9. The van der Waals surface area contributed by atoms with Gasteiger partial charge in [0.15, 0.2) is 0 Å². The molecule has 0 unspecified atom stereocenters. The van der Waals surface area contributed by atoms with Crippen molar-refractivity contribution in [3.63, 3.8) is 0 Å². The number of fused-ring (bicyclic) bond motifs is 6. The third-order valence-electron chi connectivity index (χ3n) is 13.7. The van der Waals surface area contributed by atoms with Gasteiger partial charge in [-0.2, -0.15) is 0 Å². The molecule has 0 N–H and O–H groups in total. The molecule has 3 aliphatic rings. The van der Waals surface area contributed by atoms with Crippen molar-refractivity contribution in [3.05, 3.63) is 192 Å². The number of nitrogens with zero attached hydrogens (tertiary/aromatic N) is 4. The van der Waals surface area contributed by atoms with Crippen molar-refractivity contribution < 1.29 is 0 Å². The molecule has 0 spiro atoms. The fraction of sp³-hybridized carbons (Fsp3) is 0.179. The molecule has 292 valence electrons. The maximum Gasteiger partial charge on any atom is 0.0705 e. The van der Waals surface area contributed by atoms with Crippen LogP contribution in [0.5, 0.6) is 0 Å². The van der Waals surface area contributed by atoms with E-state index < -0.39 is 0 Å². The minimum absolute atomic E-state index is 0.0720. The molecule has 0 amide bonds. The molecule has 11 rings (SSSR count). The van der Waals surface area contributed by atoms with Crippen molar-refractivity contribution in [1.82, 2.24) is 9.97 Å². The Morgan fingerprint density at radius 3 is 1.08 bits per heavy atom. The molecule has 3 heterocycles. The predicted molar refractivity (Wildman–Crippen MR) is 250 cm³/mol. The Kier molecular flexibility index (Phi) is 8.42. The maximum absolute atomic E-state index is 5.02. The highest BCUT2D eigenvalue weighted by Crippen LogP contribution is 2.53. The molecule has 0 atom stereocenters. The summed E-state index contributed by atoms with van der Waals surface area (Å²) in [5.41, 5.74) is 22.4. The van der Waals surface area contributed by atoms with Crippen molar-refractivity contribution in [3.8, 4) is 67.0 Å². The van der Waals surface area contributed by atoms with Crippen LogP contribution >= 0.6 is 0 Å². The summed E-state index contributed by atoms with van der Waals surface area (Å²) in [6.07, 6.45) is 4.06. The second-order valence-corrected chi connectivity index (χ2v) is 17.7. The summed E-state index contributed by atoms with van der Waals surface area (Å²) in [5, 5.41) is 0. The predicted octanol–water partition coefficient (Wildman–Crippen LogP) is 13.1. The van der Waals surface area contributed by atoms with Gasteiger partial charge in [0, 0.05) is 83.0 Å². The van der Waals surface area contributed by atoms with Crippen LogP contribution in [0, 0.1) is 0 Å². The van der Waals surface area contributed by atoms with Crippen LogP contribution in [0.15, 0.2) is 170 Å². The van der Waals surface area contributed by atoms with E-state index in [4.69, 9.17) is 9.97 Å². The minimum atomic E-state index is -0.0720. The van der Waals surface area contributed by atoms with Gasteiger partial charge in [-0.05, 0) is 92.0 Å². The summed E-state index contributed by atoms with van der Waals surface area (Å²) in [5.74, 6) is 0. The Morgan fingerprint density at radius 2 is 0.700 bits per heavy atom. The molecule has 2 aromatic heterocycles. The van der Waals surface area contributed by atoms with E-state index in [1.54, 1.807) is 0 Å². The number of piperazine rings is 1. The van der Waals surface area contributed by atoms with E-state index in [1.165, 1.54) is 78.1 Å². The maximum atomic E-state index is 5.02. The van der Waals surface area contributed by atoms with Crippen molar-refractivity contribution in [2.45, 2.75) is 38.5 Å². The van der Waals surface area contributed by atoms with Crippen LogP contribution in [0.1, 0.15) is 49.9 Å². The Balaban J connectivity index is 0.734. The summed E-state index contributed by atoms with van der Waals surface area (Å²) >= 11 is 0. The van der Waals surface area contributed by atoms with Gasteiger partial charge in [0.1, 0.15) is 0 Å². The second-order valence-electron chi connectivity index (χ2n) is 17.7. The van der Waals surface area contributed by atoms with E-state index in [1.807, 2.05) is 12.4 Å². The molecular weight excluding hydrogens is 729 g/mol. The fourth-order valence-electron chi connectivity index (χ4n) is 10.5. The van der Waals surface area contributed by atoms with E-state index >= 15 is 0 Å². The summed E-state index contributed by atoms with van der Waals surface area (Å²) in [7, 11) is 0. The Labute approximate surface area is 353 Å². The Bertz CT molecular complexity index is 2700. The zero-order valence-corrected chi connectivity index (χ0v) is 34.8. The molecule has 1 saturated heterocycles.